The van der Waals surface area contributed by atoms with E-state index < -0.39 is 11.4 Å². The summed E-state index contributed by atoms with van der Waals surface area (Å²) >= 11 is 0. The van der Waals surface area contributed by atoms with Crippen molar-refractivity contribution < 1.29 is 19.5 Å². The lowest BCUT2D eigenvalue weighted by Crippen LogP contribution is -2.71. The molecule has 0 amide bonds. The monoisotopic (exact) mass is 334 g/mol. The van der Waals surface area contributed by atoms with E-state index in [0.29, 0.717) is 26.1 Å². The fourth-order valence-corrected chi connectivity index (χ4v) is 4.47. The third-order valence-corrected chi connectivity index (χ3v) is 5.65. The second-order valence-corrected chi connectivity index (χ2v) is 6.95. The molecule has 1 spiro atoms. The molecule has 3 unspecified atom stereocenters. The number of piperidine rings is 1. The third kappa shape index (κ3) is 2.35. The molecule has 3 fully saturated rings. The highest BCUT2D eigenvalue weighted by molar-refractivity contribution is 5.36. The molecule has 4 rings (SSSR count). The fourth-order valence-electron chi connectivity index (χ4n) is 4.47. The van der Waals surface area contributed by atoms with Crippen molar-refractivity contribution in [1.29, 1.82) is 0 Å². The molecule has 1 aromatic carbocycles. The highest BCUT2D eigenvalue weighted by atomic mass is 16.7. The van der Waals surface area contributed by atoms with Gasteiger partial charge in [0.05, 0.1) is 18.1 Å². The van der Waals surface area contributed by atoms with Gasteiger partial charge in [0.1, 0.15) is 5.60 Å². The number of nitrogens with one attached hydrogen (secondary N) is 1. The Balaban J connectivity index is 1.69. The summed E-state index contributed by atoms with van der Waals surface area (Å²) in [5, 5.41) is 25.9. The lowest BCUT2D eigenvalue weighted by atomic mass is 9.69. The molecule has 2 heterocycles. The SMILES string of the molecule is O=[N+]([O-])c1cccc(C2CC3(OCCO3)C3(O)CCCCC3N2)c1. The van der Waals surface area contributed by atoms with Gasteiger partial charge in [-0.1, -0.05) is 25.0 Å². The van der Waals surface area contributed by atoms with Gasteiger partial charge >= 0.3 is 0 Å². The standard InChI is InChI=1S/C17H22N2O5/c20-16-7-2-1-6-15(16)18-14(11-17(16)23-8-9-24-17)12-4-3-5-13(10-12)19(21)22/h3-5,10,14-15,18,20H,1-2,6-9,11H2. The van der Waals surface area contributed by atoms with Gasteiger partial charge in [-0.3, -0.25) is 10.1 Å². The van der Waals surface area contributed by atoms with E-state index in [9.17, 15) is 15.2 Å². The number of nitro groups is 1. The molecular formula is C17H22N2O5. The molecule has 2 N–H and O–H groups in total. The minimum atomic E-state index is -1.04. The van der Waals surface area contributed by atoms with Gasteiger partial charge in [0.15, 0.2) is 0 Å². The number of nitro benzene ring substituents is 1. The van der Waals surface area contributed by atoms with Crippen molar-refractivity contribution in [2.45, 2.75) is 55.6 Å². The van der Waals surface area contributed by atoms with Gasteiger partial charge in [-0.25, -0.2) is 0 Å². The van der Waals surface area contributed by atoms with Crippen molar-refractivity contribution in [2.24, 2.45) is 0 Å². The predicted octanol–water partition coefficient (Wildman–Crippen LogP) is 2.05. The van der Waals surface area contributed by atoms with Gasteiger partial charge in [-0.05, 0) is 18.4 Å². The number of aliphatic hydroxyl groups is 1. The van der Waals surface area contributed by atoms with Gasteiger partial charge in [-0.2, -0.15) is 0 Å². The van der Waals surface area contributed by atoms with Crippen LogP contribution in [0.1, 0.15) is 43.7 Å². The van der Waals surface area contributed by atoms with Gasteiger partial charge < -0.3 is 19.9 Å². The van der Waals surface area contributed by atoms with Crippen molar-refractivity contribution in [1.82, 2.24) is 5.32 Å². The zero-order chi connectivity index (χ0) is 16.8. The van der Waals surface area contributed by atoms with E-state index in [1.807, 2.05) is 6.07 Å². The number of benzene rings is 1. The summed E-state index contributed by atoms with van der Waals surface area (Å²) in [5.41, 5.74) is -0.143. The number of hydrogen-bond acceptors (Lipinski definition) is 6. The molecule has 7 heteroatoms. The summed E-state index contributed by atoms with van der Waals surface area (Å²) in [6.45, 7) is 0.938. The van der Waals surface area contributed by atoms with Crippen LogP contribution < -0.4 is 5.32 Å². The first-order valence-corrected chi connectivity index (χ1v) is 8.55. The molecule has 3 atom stereocenters. The Bertz CT molecular complexity index is 646. The minimum Gasteiger partial charge on any atom is -0.383 e. The average molecular weight is 334 g/mol. The van der Waals surface area contributed by atoms with Gasteiger partial charge in [-0.15, -0.1) is 0 Å². The Morgan fingerprint density at radius 3 is 2.83 bits per heavy atom. The lowest BCUT2D eigenvalue weighted by Gasteiger charge is -2.55. The number of fused-ring (bicyclic) bond motifs is 2. The van der Waals surface area contributed by atoms with Gasteiger partial charge in [0, 0.05) is 30.6 Å². The second-order valence-electron chi connectivity index (χ2n) is 6.95. The molecule has 0 aromatic heterocycles. The number of non-ortho nitro benzene ring substituents is 1. The van der Waals surface area contributed by atoms with Crippen LogP contribution in [-0.2, 0) is 9.47 Å². The molecule has 3 aliphatic rings. The van der Waals surface area contributed by atoms with Crippen LogP contribution in [0.3, 0.4) is 0 Å². The Morgan fingerprint density at radius 1 is 1.29 bits per heavy atom. The van der Waals surface area contributed by atoms with Crippen LogP contribution in [0.4, 0.5) is 5.69 Å². The van der Waals surface area contributed by atoms with E-state index in [1.54, 1.807) is 12.1 Å². The summed E-state index contributed by atoms with van der Waals surface area (Å²) in [6.07, 6.45) is 3.92. The van der Waals surface area contributed by atoms with Crippen LogP contribution in [0.5, 0.6) is 0 Å². The van der Waals surface area contributed by atoms with Crippen LogP contribution in [0, 0.1) is 10.1 Å². The first-order valence-electron chi connectivity index (χ1n) is 8.55. The fraction of sp³-hybridized carbons (Fsp3) is 0.647. The normalized spacial score (nSPS) is 34.9. The molecule has 7 nitrogen and oxygen atoms in total. The summed E-state index contributed by atoms with van der Waals surface area (Å²) in [6, 6.07) is 6.36. The Hall–Kier alpha value is -1.54. The number of rotatable bonds is 2. The summed E-state index contributed by atoms with van der Waals surface area (Å²) in [7, 11) is 0. The third-order valence-electron chi connectivity index (χ3n) is 5.65. The van der Waals surface area contributed by atoms with Crippen LogP contribution in [-0.4, -0.2) is 40.7 Å². The largest absolute Gasteiger partial charge is 0.383 e. The first kappa shape index (κ1) is 16.0. The summed E-state index contributed by atoms with van der Waals surface area (Å²) in [5.74, 6) is -1.02. The first-order chi connectivity index (χ1) is 11.5. The van der Waals surface area contributed by atoms with Crippen molar-refractivity contribution in [3.05, 3.63) is 39.9 Å². The van der Waals surface area contributed by atoms with E-state index in [4.69, 9.17) is 9.47 Å². The van der Waals surface area contributed by atoms with Crippen LogP contribution in [0.15, 0.2) is 24.3 Å². The Morgan fingerprint density at radius 2 is 2.08 bits per heavy atom. The maximum absolute atomic E-state index is 11.3. The molecule has 0 radical (unpaired) electrons. The number of ether oxygens (including phenoxy) is 2. The van der Waals surface area contributed by atoms with Crippen molar-refractivity contribution in [3.8, 4) is 0 Å². The molecule has 130 valence electrons. The summed E-state index contributed by atoms with van der Waals surface area (Å²) < 4.78 is 11.9. The average Bonchev–Trinajstić information content (AvgIpc) is 3.06. The molecule has 2 aliphatic heterocycles. The Kier molecular flexibility index (Phi) is 3.84. The second kappa shape index (κ2) is 5.77. The molecular weight excluding hydrogens is 312 g/mol. The van der Waals surface area contributed by atoms with Crippen LogP contribution in [0.2, 0.25) is 0 Å². The zero-order valence-electron chi connectivity index (χ0n) is 13.4. The molecule has 1 aliphatic carbocycles. The lowest BCUT2D eigenvalue weighted by molar-refractivity contribution is -0.385. The maximum Gasteiger partial charge on any atom is 0.269 e. The van der Waals surface area contributed by atoms with E-state index in [2.05, 4.69) is 5.32 Å². The molecule has 1 saturated carbocycles. The van der Waals surface area contributed by atoms with Crippen molar-refractivity contribution in [2.75, 3.05) is 13.2 Å². The van der Waals surface area contributed by atoms with E-state index >= 15 is 0 Å². The topological polar surface area (TPSA) is 93.9 Å². The number of hydrogen-bond donors (Lipinski definition) is 2. The highest BCUT2D eigenvalue weighted by Crippen LogP contribution is 2.50. The van der Waals surface area contributed by atoms with Gasteiger partial charge in [0.25, 0.3) is 5.69 Å². The molecule has 24 heavy (non-hydrogen) atoms. The van der Waals surface area contributed by atoms with Crippen molar-refractivity contribution >= 4 is 5.69 Å². The minimum absolute atomic E-state index is 0.0705. The van der Waals surface area contributed by atoms with Crippen LogP contribution >= 0.6 is 0 Å². The molecule has 2 saturated heterocycles. The predicted molar refractivity (Wildman–Crippen MR) is 85.4 cm³/mol. The highest BCUT2D eigenvalue weighted by Gasteiger charge is 2.63. The van der Waals surface area contributed by atoms with E-state index in [-0.39, 0.29) is 22.7 Å². The summed E-state index contributed by atoms with van der Waals surface area (Å²) in [4.78, 5) is 10.7. The smallest absolute Gasteiger partial charge is 0.269 e. The molecule has 0 bridgehead atoms. The molecule has 1 aromatic rings. The van der Waals surface area contributed by atoms with Crippen molar-refractivity contribution in [3.63, 3.8) is 0 Å². The zero-order valence-corrected chi connectivity index (χ0v) is 13.4. The Labute approximate surface area is 140 Å². The van der Waals surface area contributed by atoms with Crippen LogP contribution in [0.25, 0.3) is 0 Å². The maximum atomic E-state index is 11.3. The van der Waals surface area contributed by atoms with Gasteiger partial charge in [0.2, 0.25) is 5.79 Å². The number of nitrogens with zero attached hydrogens (tertiary/aromatic N) is 1. The van der Waals surface area contributed by atoms with E-state index in [0.717, 1.165) is 24.8 Å². The van der Waals surface area contributed by atoms with E-state index in [1.165, 1.54) is 6.07 Å². The quantitative estimate of drug-likeness (QED) is 0.635.